The number of hydrogen-bond donors (Lipinski definition) is 2. The van der Waals surface area contributed by atoms with Gasteiger partial charge in [0, 0.05) is 28.2 Å². The van der Waals surface area contributed by atoms with E-state index in [-0.39, 0.29) is 0 Å². The van der Waals surface area contributed by atoms with E-state index in [2.05, 4.69) is 84.4 Å². The molecule has 0 aliphatic carbocycles. The highest BCUT2D eigenvalue weighted by Crippen LogP contribution is 2.42. The number of aromatic nitrogens is 1. The summed E-state index contributed by atoms with van der Waals surface area (Å²) in [6.07, 6.45) is -0.590. The summed E-state index contributed by atoms with van der Waals surface area (Å²) in [6, 6.07) is 33.1. The second kappa shape index (κ2) is 9.99. The van der Waals surface area contributed by atoms with E-state index in [9.17, 15) is 5.11 Å². The Labute approximate surface area is 211 Å². The number of aliphatic hydroxyl groups is 1. The summed E-state index contributed by atoms with van der Waals surface area (Å²) in [5.41, 5.74) is 9.18. The molecule has 176 valence electrons. The lowest BCUT2D eigenvalue weighted by atomic mass is 9.97. The summed E-state index contributed by atoms with van der Waals surface area (Å²) >= 11 is 6.01. The maximum atomic E-state index is 11.2. The van der Waals surface area contributed by atoms with E-state index in [0.29, 0.717) is 18.1 Å². The Morgan fingerprint density at radius 2 is 1.46 bits per heavy atom. The third kappa shape index (κ3) is 4.84. The van der Waals surface area contributed by atoms with Gasteiger partial charge in [0.1, 0.15) is 0 Å². The number of anilines is 1. The molecule has 5 aromatic rings. The van der Waals surface area contributed by atoms with Crippen LogP contribution in [-0.2, 0) is 6.54 Å². The second-order valence-electron chi connectivity index (χ2n) is 9.09. The molecule has 3 nitrogen and oxygen atoms in total. The Balaban J connectivity index is 1.64. The van der Waals surface area contributed by atoms with E-state index in [4.69, 9.17) is 11.6 Å². The fourth-order valence-electron chi connectivity index (χ4n) is 4.94. The van der Waals surface area contributed by atoms with Crippen molar-refractivity contribution in [2.75, 3.05) is 11.9 Å². The molecule has 4 heteroatoms. The second-order valence-corrected chi connectivity index (χ2v) is 9.52. The molecule has 4 aromatic carbocycles. The third-order valence-electron chi connectivity index (χ3n) is 6.38. The van der Waals surface area contributed by atoms with Gasteiger partial charge in [-0.2, -0.15) is 0 Å². The number of halogens is 1. The van der Waals surface area contributed by atoms with Crippen LogP contribution in [0.4, 0.5) is 5.69 Å². The van der Waals surface area contributed by atoms with Crippen molar-refractivity contribution in [3.05, 3.63) is 113 Å². The van der Waals surface area contributed by atoms with Gasteiger partial charge < -0.3 is 15.0 Å². The highest BCUT2D eigenvalue weighted by atomic mass is 35.5. The fourth-order valence-corrected chi connectivity index (χ4v) is 5.06. The summed E-state index contributed by atoms with van der Waals surface area (Å²) in [7, 11) is 0. The quantitative estimate of drug-likeness (QED) is 0.250. The van der Waals surface area contributed by atoms with E-state index in [0.717, 1.165) is 16.9 Å². The van der Waals surface area contributed by atoms with E-state index in [1.54, 1.807) is 0 Å². The first kappa shape index (κ1) is 23.2. The van der Waals surface area contributed by atoms with Gasteiger partial charge in [-0.25, -0.2) is 0 Å². The Morgan fingerprint density at radius 3 is 2.11 bits per heavy atom. The van der Waals surface area contributed by atoms with E-state index >= 15 is 0 Å². The molecule has 0 bridgehead atoms. The molecular formula is C31H29ClN2O. The van der Waals surface area contributed by atoms with Gasteiger partial charge in [0.05, 0.1) is 23.9 Å². The lowest BCUT2D eigenvalue weighted by Gasteiger charge is -2.19. The van der Waals surface area contributed by atoms with Crippen LogP contribution in [0.2, 0.25) is 5.02 Å². The Bertz CT molecular complexity index is 1440. The molecule has 0 amide bonds. The monoisotopic (exact) mass is 480 g/mol. The highest BCUT2D eigenvalue weighted by Gasteiger charge is 2.23. The molecule has 0 spiro atoms. The number of rotatable bonds is 7. The van der Waals surface area contributed by atoms with Gasteiger partial charge in [0.2, 0.25) is 0 Å². The average molecular weight is 481 g/mol. The molecule has 1 aromatic heterocycles. The van der Waals surface area contributed by atoms with E-state index in [1.165, 1.54) is 33.2 Å². The average Bonchev–Trinajstić information content (AvgIpc) is 3.18. The molecule has 0 aliphatic heterocycles. The van der Waals surface area contributed by atoms with Crippen molar-refractivity contribution < 1.29 is 5.11 Å². The SMILES string of the molecule is Cc1cc(C)c2c(c1)c(-c1ccccc1)c(-c1ccccc1)n2C[C@@H](O)CNc1ccc(Cl)cc1. The number of hydrogen-bond acceptors (Lipinski definition) is 2. The number of benzene rings is 4. The minimum absolute atomic E-state index is 0.432. The first-order chi connectivity index (χ1) is 17.0. The number of fused-ring (bicyclic) bond motifs is 1. The van der Waals surface area contributed by atoms with E-state index < -0.39 is 6.10 Å². The normalized spacial score (nSPS) is 12.1. The van der Waals surface area contributed by atoms with Gasteiger partial charge in [0.25, 0.3) is 0 Å². The van der Waals surface area contributed by atoms with Crippen molar-refractivity contribution in [1.82, 2.24) is 4.57 Å². The molecule has 35 heavy (non-hydrogen) atoms. The molecule has 0 unspecified atom stereocenters. The van der Waals surface area contributed by atoms with Gasteiger partial charge in [-0.3, -0.25) is 0 Å². The zero-order valence-electron chi connectivity index (χ0n) is 20.0. The molecule has 5 rings (SSSR count). The number of nitrogens with one attached hydrogen (secondary N) is 1. The van der Waals surface area contributed by atoms with Crippen molar-refractivity contribution in [3.63, 3.8) is 0 Å². The van der Waals surface area contributed by atoms with Gasteiger partial charge in [-0.05, 0) is 60.9 Å². The molecule has 0 saturated carbocycles. The summed E-state index contributed by atoms with van der Waals surface area (Å²) in [6.45, 7) is 5.21. The fraction of sp³-hybridized carbons (Fsp3) is 0.161. The van der Waals surface area contributed by atoms with Crippen molar-refractivity contribution >= 4 is 28.2 Å². The van der Waals surface area contributed by atoms with Crippen LogP contribution in [-0.4, -0.2) is 22.3 Å². The van der Waals surface area contributed by atoms with Crippen molar-refractivity contribution in [2.24, 2.45) is 0 Å². The van der Waals surface area contributed by atoms with Crippen molar-refractivity contribution in [1.29, 1.82) is 0 Å². The zero-order valence-corrected chi connectivity index (χ0v) is 20.8. The van der Waals surface area contributed by atoms with Crippen LogP contribution >= 0.6 is 11.6 Å². The molecule has 0 radical (unpaired) electrons. The molecule has 0 aliphatic rings. The minimum Gasteiger partial charge on any atom is -0.389 e. The molecule has 0 saturated heterocycles. The van der Waals surface area contributed by atoms with Crippen LogP contribution in [0.15, 0.2) is 97.1 Å². The van der Waals surface area contributed by atoms with Crippen LogP contribution < -0.4 is 5.32 Å². The number of aliphatic hydroxyl groups excluding tert-OH is 1. The van der Waals surface area contributed by atoms with Crippen LogP contribution in [0.25, 0.3) is 33.3 Å². The van der Waals surface area contributed by atoms with Crippen LogP contribution in [0.5, 0.6) is 0 Å². The molecule has 1 atom stereocenters. The summed E-state index contributed by atoms with van der Waals surface area (Å²) < 4.78 is 2.30. The first-order valence-electron chi connectivity index (χ1n) is 11.9. The maximum absolute atomic E-state index is 11.2. The van der Waals surface area contributed by atoms with Gasteiger partial charge in [-0.15, -0.1) is 0 Å². The maximum Gasteiger partial charge on any atom is 0.0891 e. The lowest BCUT2D eigenvalue weighted by Crippen LogP contribution is -2.25. The molecule has 2 N–H and O–H groups in total. The largest absolute Gasteiger partial charge is 0.389 e. The highest BCUT2D eigenvalue weighted by molar-refractivity contribution is 6.30. The Morgan fingerprint density at radius 1 is 0.829 bits per heavy atom. The predicted octanol–water partition coefficient (Wildman–Crippen LogP) is 7.72. The van der Waals surface area contributed by atoms with Crippen molar-refractivity contribution in [2.45, 2.75) is 26.5 Å². The molecule has 1 heterocycles. The first-order valence-corrected chi connectivity index (χ1v) is 12.3. The van der Waals surface area contributed by atoms with Crippen LogP contribution in [0.3, 0.4) is 0 Å². The number of nitrogens with zero attached hydrogens (tertiary/aromatic N) is 1. The summed E-state index contributed by atoms with van der Waals surface area (Å²) in [5, 5.41) is 16.4. The van der Waals surface area contributed by atoms with Crippen LogP contribution in [0, 0.1) is 13.8 Å². The van der Waals surface area contributed by atoms with Gasteiger partial charge >= 0.3 is 0 Å². The smallest absolute Gasteiger partial charge is 0.0891 e. The Kier molecular flexibility index (Phi) is 6.63. The summed E-state index contributed by atoms with van der Waals surface area (Å²) in [4.78, 5) is 0. The lowest BCUT2D eigenvalue weighted by molar-refractivity contribution is 0.169. The van der Waals surface area contributed by atoms with Crippen molar-refractivity contribution in [3.8, 4) is 22.4 Å². The number of aryl methyl sites for hydroxylation is 2. The molecule has 0 fully saturated rings. The Hall–Kier alpha value is -3.53. The van der Waals surface area contributed by atoms with Crippen LogP contribution in [0.1, 0.15) is 11.1 Å². The molecular weight excluding hydrogens is 452 g/mol. The van der Waals surface area contributed by atoms with Gasteiger partial charge in [-0.1, -0.05) is 83.9 Å². The topological polar surface area (TPSA) is 37.2 Å². The minimum atomic E-state index is -0.590. The predicted molar refractivity (Wildman–Crippen MR) is 148 cm³/mol. The van der Waals surface area contributed by atoms with Gasteiger partial charge in [0.15, 0.2) is 0 Å². The standard InChI is InChI=1S/C31H29ClN2O/c1-21-17-22(2)30-28(18-21)29(23-9-5-3-6-10-23)31(24-11-7-4-8-12-24)34(30)20-27(35)19-33-26-15-13-25(32)14-16-26/h3-18,27,33,35H,19-20H2,1-2H3/t27-/m0/s1. The zero-order chi connectivity index (χ0) is 24.4. The third-order valence-corrected chi connectivity index (χ3v) is 6.63. The summed E-state index contributed by atoms with van der Waals surface area (Å²) in [5.74, 6) is 0. The van der Waals surface area contributed by atoms with E-state index in [1.807, 2.05) is 36.4 Å².